The lowest BCUT2D eigenvalue weighted by molar-refractivity contribution is 0.0600. The molecule has 0 saturated heterocycles. The second-order valence-electron chi connectivity index (χ2n) is 4.24. The van der Waals surface area contributed by atoms with Gasteiger partial charge in [-0.2, -0.15) is 0 Å². The molecule has 0 spiro atoms. The summed E-state index contributed by atoms with van der Waals surface area (Å²) < 4.78 is 4.63. The monoisotopic (exact) mass is 220 g/mol. The maximum atomic E-state index is 11.2. The molecule has 1 aromatic heterocycles. The van der Waals surface area contributed by atoms with Crippen LogP contribution in [0.25, 0.3) is 0 Å². The highest BCUT2D eigenvalue weighted by atomic mass is 16.5. The van der Waals surface area contributed by atoms with Crippen molar-refractivity contribution in [3.8, 4) is 0 Å². The third-order valence-electron chi connectivity index (χ3n) is 3.20. The molecule has 0 bridgehead atoms. The number of nitrogens with zero attached hydrogens (tertiary/aromatic N) is 1. The van der Waals surface area contributed by atoms with Crippen LogP contribution in [0.15, 0.2) is 18.3 Å². The molecule has 0 unspecified atom stereocenters. The molecule has 0 atom stereocenters. The molecule has 4 heteroatoms. The number of carbonyl (C=O) groups excluding carboxylic acids is 1. The van der Waals surface area contributed by atoms with Gasteiger partial charge in [-0.1, -0.05) is 0 Å². The molecule has 2 N–H and O–H groups in total. The second-order valence-corrected chi connectivity index (χ2v) is 4.24. The van der Waals surface area contributed by atoms with Crippen LogP contribution in [0.2, 0.25) is 0 Å². The number of pyridine rings is 1. The summed E-state index contributed by atoms with van der Waals surface area (Å²) in [6, 6.07) is 3.68. The van der Waals surface area contributed by atoms with Gasteiger partial charge in [0.2, 0.25) is 0 Å². The minimum atomic E-state index is -0.345. The fraction of sp³-hybridized carbons (Fsp3) is 0.500. The third-order valence-corrected chi connectivity index (χ3v) is 3.20. The summed E-state index contributed by atoms with van der Waals surface area (Å²) in [5.41, 5.74) is 7.32. The first-order chi connectivity index (χ1) is 7.72. The lowest BCUT2D eigenvalue weighted by Gasteiger charge is -2.13. The van der Waals surface area contributed by atoms with E-state index in [1.165, 1.54) is 7.11 Å². The molecule has 1 aliphatic rings. The van der Waals surface area contributed by atoms with Gasteiger partial charge < -0.3 is 10.5 Å². The molecule has 1 heterocycles. The lowest BCUT2D eigenvalue weighted by Crippen LogP contribution is -2.15. The van der Waals surface area contributed by atoms with E-state index in [-0.39, 0.29) is 11.4 Å². The van der Waals surface area contributed by atoms with Crippen LogP contribution in [0.1, 0.15) is 35.3 Å². The van der Waals surface area contributed by atoms with Crippen molar-refractivity contribution < 1.29 is 9.53 Å². The van der Waals surface area contributed by atoms with Crippen molar-refractivity contribution >= 4 is 5.97 Å². The molecule has 1 aliphatic carbocycles. The van der Waals surface area contributed by atoms with Crippen molar-refractivity contribution in [2.24, 2.45) is 5.73 Å². The summed E-state index contributed by atoms with van der Waals surface area (Å²) in [6.07, 6.45) is 4.85. The van der Waals surface area contributed by atoms with Gasteiger partial charge in [-0.15, -0.1) is 0 Å². The Balaban J connectivity index is 2.16. The van der Waals surface area contributed by atoms with E-state index >= 15 is 0 Å². The van der Waals surface area contributed by atoms with Gasteiger partial charge in [0.1, 0.15) is 0 Å². The average Bonchev–Trinajstić information content (AvgIpc) is 3.10. The normalized spacial score (nSPS) is 16.9. The van der Waals surface area contributed by atoms with Crippen molar-refractivity contribution in [2.45, 2.75) is 24.7 Å². The molecule has 1 fully saturated rings. The Morgan fingerprint density at radius 3 is 2.75 bits per heavy atom. The van der Waals surface area contributed by atoms with Crippen molar-refractivity contribution in [1.29, 1.82) is 0 Å². The number of esters is 1. The minimum absolute atomic E-state index is 0.184. The molecule has 2 rings (SSSR count). The van der Waals surface area contributed by atoms with Crippen LogP contribution in [0, 0.1) is 0 Å². The zero-order valence-corrected chi connectivity index (χ0v) is 9.40. The van der Waals surface area contributed by atoms with Crippen LogP contribution < -0.4 is 5.73 Å². The number of methoxy groups -OCH3 is 1. The summed E-state index contributed by atoms with van der Waals surface area (Å²) in [5.74, 6) is -0.345. The average molecular weight is 220 g/mol. The highest BCUT2D eigenvalue weighted by Gasteiger charge is 2.44. The smallest absolute Gasteiger partial charge is 0.339 e. The number of rotatable bonds is 4. The van der Waals surface area contributed by atoms with E-state index in [9.17, 15) is 4.79 Å². The lowest BCUT2D eigenvalue weighted by atomic mass is 9.97. The van der Waals surface area contributed by atoms with E-state index in [1.54, 1.807) is 12.3 Å². The highest BCUT2D eigenvalue weighted by Crippen LogP contribution is 2.49. The first-order valence-corrected chi connectivity index (χ1v) is 5.47. The number of aromatic nitrogens is 1. The van der Waals surface area contributed by atoms with Gasteiger partial charge in [0.15, 0.2) is 0 Å². The van der Waals surface area contributed by atoms with Crippen LogP contribution in [-0.2, 0) is 10.2 Å². The van der Waals surface area contributed by atoms with Crippen LogP contribution in [0.4, 0.5) is 0 Å². The molecule has 0 radical (unpaired) electrons. The Kier molecular flexibility index (Phi) is 2.92. The predicted octanol–water partition coefficient (Wildman–Crippen LogP) is 1.25. The quantitative estimate of drug-likeness (QED) is 0.775. The van der Waals surface area contributed by atoms with Gasteiger partial charge in [0, 0.05) is 17.3 Å². The van der Waals surface area contributed by atoms with E-state index < -0.39 is 0 Å². The van der Waals surface area contributed by atoms with Crippen LogP contribution in [0.5, 0.6) is 0 Å². The molecular formula is C12H16N2O2. The molecule has 4 nitrogen and oxygen atoms in total. The molecule has 16 heavy (non-hydrogen) atoms. The van der Waals surface area contributed by atoms with Crippen LogP contribution >= 0.6 is 0 Å². The van der Waals surface area contributed by atoms with Gasteiger partial charge >= 0.3 is 5.97 Å². The van der Waals surface area contributed by atoms with Gasteiger partial charge in [0.05, 0.1) is 12.7 Å². The topological polar surface area (TPSA) is 65.2 Å². The number of carbonyl (C=O) groups is 1. The van der Waals surface area contributed by atoms with Crippen molar-refractivity contribution in [1.82, 2.24) is 4.98 Å². The molecule has 86 valence electrons. The minimum Gasteiger partial charge on any atom is -0.465 e. The van der Waals surface area contributed by atoms with Gasteiger partial charge in [-0.3, -0.25) is 4.98 Å². The van der Waals surface area contributed by atoms with Crippen LogP contribution in [0.3, 0.4) is 0 Å². The molecule has 0 aromatic carbocycles. The van der Waals surface area contributed by atoms with Crippen molar-refractivity contribution in [3.63, 3.8) is 0 Å². The molecule has 1 saturated carbocycles. The molecule has 0 aliphatic heterocycles. The first kappa shape index (κ1) is 11.1. The fourth-order valence-corrected chi connectivity index (χ4v) is 2.01. The molecule has 1 aromatic rings. The van der Waals surface area contributed by atoms with E-state index in [0.29, 0.717) is 12.1 Å². The zero-order valence-electron chi connectivity index (χ0n) is 9.40. The first-order valence-electron chi connectivity index (χ1n) is 5.47. The number of hydrogen-bond donors (Lipinski definition) is 1. The number of hydrogen-bond acceptors (Lipinski definition) is 4. The molecular weight excluding hydrogens is 204 g/mol. The maximum absolute atomic E-state index is 11.2. The number of nitrogens with two attached hydrogens (primary N) is 1. The Hall–Kier alpha value is -1.42. The highest BCUT2D eigenvalue weighted by molar-refractivity contribution is 5.88. The standard InChI is InChI=1S/C12H16N2O2/c1-16-11(15)9-2-3-10(14-8-9)12(4-5-12)6-7-13/h2-3,8H,4-7,13H2,1H3. The SMILES string of the molecule is COC(=O)c1ccc(C2(CCN)CC2)nc1. The van der Waals surface area contributed by atoms with E-state index in [1.807, 2.05) is 6.07 Å². The maximum Gasteiger partial charge on any atom is 0.339 e. The Labute approximate surface area is 94.8 Å². The van der Waals surface area contributed by atoms with E-state index in [2.05, 4.69) is 9.72 Å². The summed E-state index contributed by atoms with van der Waals surface area (Å²) in [5, 5.41) is 0. The fourth-order valence-electron chi connectivity index (χ4n) is 2.01. The van der Waals surface area contributed by atoms with Gasteiger partial charge in [0.25, 0.3) is 0 Å². The second kappa shape index (κ2) is 4.22. The van der Waals surface area contributed by atoms with Crippen molar-refractivity contribution in [3.05, 3.63) is 29.6 Å². The van der Waals surface area contributed by atoms with Crippen LogP contribution in [-0.4, -0.2) is 24.6 Å². The Morgan fingerprint density at radius 2 is 2.31 bits per heavy atom. The Bertz CT molecular complexity index is 383. The zero-order chi connectivity index (χ0) is 11.6. The third kappa shape index (κ3) is 1.93. The summed E-state index contributed by atoms with van der Waals surface area (Å²) >= 11 is 0. The molecule has 0 amide bonds. The Morgan fingerprint density at radius 1 is 1.56 bits per heavy atom. The summed E-state index contributed by atoms with van der Waals surface area (Å²) in [4.78, 5) is 15.6. The predicted molar refractivity (Wildman–Crippen MR) is 60.2 cm³/mol. The van der Waals surface area contributed by atoms with Gasteiger partial charge in [-0.25, -0.2) is 4.79 Å². The summed E-state index contributed by atoms with van der Waals surface area (Å²) in [7, 11) is 1.37. The largest absolute Gasteiger partial charge is 0.465 e. The summed E-state index contributed by atoms with van der Waals surface area (Å²) in [6.45, 7) is 0.681. The van der Waals surface area contributed by atoms with E-state index in [0.717, 1.165) is 25.0 Å². The van der Waals surface area contributed by atoms with Crippen molar-refractivity contribution in [2.75, 3.05) is 13.7 Å². The van der Waals surface area contributed by atoms with E-state index in [4.69, 9.17) is 5.73 Å². The number of ether oxygens (including phenoxy) is 1. The van der Waals surface area contributed by atoms with Gasteiger partial charge in [-0.05, 0) is 37.9 Å².